The SMILES string of the molecule is CC(C)(C)c1ccc(SCC(=O)Nc2sccc2C#N)cc1. The van der Waals surface area contributed by atoms with Crippen molar-refractivity contribution >= 4 is 34.0 Å². The fraction of sp³-hybridized carbons (Fsp3) is 0.294. The number of carbonyl (C=O) groups is 1. The summed E-state index contributed by atoms with van der Waals surface area (Å²) in [5.74, 6) is 0.237. The lowest BCUT2D eigenvalue weighted by atomic mass is 9.87. The molecule has 114 valence electrons. The second-order valence-corrected chi connectivity index (χ2v) is 7.85. The number of carbonyl (C=O) groups excluding carboxylic acids is 1. The number of anilines is 1. The van der Waals surface area contributed by atoms with Gasteiger partial charge in [0.2, 0.25) is 5.91 Å². The van der Waals surface area contributed by atoms with Crippen LogP contribution in [0.1, 0.15) is 31.9 Å². The van der Waals surface area contributed by atoms with Crippen molar-refractivity contribution in [1.82, 2.24) is 0 Å². The van der Waals surface area contributed by atoms with Gasteiger partial charge in [-0.25, -0.2) is 0 Å². The van der Waals surface area contributed by atoms with Crippen molar-refractivity contribution in [3.63, 3.8) is 0 Å². The highest BCUT2D eigenvalue weighted by molar-refractivity contribution is 8.00. The molecule has 0 fully saturated rings. The Labute approximate surface area is 139 Å². The third-order valence-corrected chi connectivity index (χ3v) is 4.97. The highest BCUT2D eigenvalue weighted by Crippen LogP contribution is 2.26. The molecule has 0 saturated carbocycles. The lowest BCUT2D eigenvalue weighted by Gasteiger charge is -2.19. The van der Waals surface area contributed by atoms with Crippen LogP contribution in [0.3, 0.4) is 0 Å². The van der Waals surface area contributed by atoms with Crippen LogP contribution in [0.2, 0.25) is 0 Å². The largest absolute Gasteiger partial charge is 0.316 e. The molecule has 2 rings (SSSR count). The number of hydrogen-bond acceptors (Lipinski definition) is 4. The third kappa shape index (κ3) is 4.36. The Morgan fingerprint density at radius 3 is 2.55 bits per heavy atom. The molecule has 0 radical (unpaired) electrons. The molecular formula is C17H18N2OS2. The maximum absolute atomic E-state index is 11.9. The molecule has 0 unspecified atom stereocenters. The Kier molecular flexibility index (Phi) is 5.28. The van der Waals surface area contributed by atoms with Gasteiger partial charge < -0.3 is 5.32 Å². The monoisotopic (exact) mass is 330 g/mol. The first-order chi connectivity index (χ1) is 10.4. The first-order valence-corrected chi connectivity index (χ1v) is 8.77. The van der Waals surface area contributed by atoms with Crippen molar-refractivity contribution in [2.75, 3.05) is 11.1 Å². The molecule has 1 aromatic carbocycles. The van der Waals surface area contributed by atoms with Gasteiger partial charge in [0.15, 0.2) is 0 Å². The topological polar surface area (TPSA) is 52.9 Å². The summed E-state index contributed by atoms with van der Waals surface area (Å²) in [6.07, 6.45) is 0. The Hall–Kier alpha value is -1.77. The van der Waals surface area contributed by atoms with Gasteiger partial charge in [0.1, 0.15) is 11.1 Å². The number of benzene rings is 1. The summed E-state index contributed by atoms with van der Waals surface area (Å²) in [6.45, 7) is 6.53. The summed E-state index contributed by atoms with van der Waals surface area (Å²) in [7, 11) is 0. The minimum Gasteiger partial charge on any atom is -0.316 e. The molecule has 1 amide bonds. The summed E-state index contributed by atoms with van der Waals surface area (Å²) >= 11 is 2.86. The fourth-order valence-corrected chi connectivity index (χ4v) is 3.31. The van der Waals surface area contributed by atoms with E-state index in [9.17, 15) is 4.79 Å². The minimum atomic E-state index is -0.0937. The van der Waals surface area contributed by atoms with E-state index >= 15 is 0 Å². The Morgan fingerprint density at radius 2 is 1.95 bits per heavy atom. The van der Waals surface area contributed by atoms with Gasteiger partial charge in [0, 0.05) is 4.90 Å². The second-order valence-electron chi connectivity index (χ2n) is 5.89. The van der Waals surface area contributed by atoms with Crippen LogP contribution < -0.4 is 5.32 Å². The molecule has 1 N–H and O–H groups in total. The van der Waals surface area contributed by atoms with E-state index in [0.29, 0.717) is 16.3 Å². The number of thiophene rings is 1. The van der Waals surface area contributed by atoms with E-state index in [1.54, 1.807) is 11.4 Å². The summed E-state index contributed by atoms with van der Waals surface area (Å²) in [6, 6.07) is 12.1. The number of nitrogens with one attached hydrogen (secondary N) is 1. The molecule has 22 heavy (non-hydrogen) atoms. The summed E-state index contributed by atoms with van der Waals surface area (Å²) < 4.78 is 0. The van der Waals surface area contributed by atoms with Crippen LogP contribution in [0.25, 0.3) is 0 Å². The Balaban J connectivity index is 1.90. The van der Waals surface area contributed by atoms with E-state index in [1.807, 2.05) is 12.1 Å². The quantitative estimate of drug-likeness (QED) is 0.830. The van der Waals surface area contributed by atoms with Gasteiger partial charge in [0.25, 0.3) is 0 Å². The van der Waals surface area contributed by atoms with Crippen molar-refractivity contribution in [1.29, 1.82) is 5.26 Å². The number of rotatable bonds is 4. The van der Waals surface area contributed by atoms with Crippen LogP contribution in [0.5, 0.6) is 0 Å². The van der Waals surface area contributed by atoms with Crippen molar-refractivity contribution in [2.45, 2.75) is 31.1 Å². The molecule has 3 nitrogen and oxygen atoms in total. The maximum Gasteiger partial charge on any atom is 0.235 e. The van der Waals surface area contributed by atoms with Crippen LogP contribution in [0.15, 0.2) is 40.6 Å². The summed E-state index contributed by atoms with van der Waals surface area (Å²) in [5.41, 5.74) is 1.92. The molecule has 1 aromatic heterocycles. The average molecular weight is 330 g/mol. The van der Waals surface area contributed by atoms with E-state index in [1.165, 1.54) is 28.7 Å². The number of thioether (sulfide) groups is 1. The maximum atomic E-state index is 11.9. The third-order valence-electron chi connectivity index (χ3n) is 3.13. The predicted molar refractivity (Wildman–Crippen MR) is 93.5 cm³/mol. The standard InChI is InChI=1S/C17H18N2OS2/c1-17(2,3)13-4-6-14(7-5-13)22-11-15(20)19-16-12(10-18)8-9-21-16/h4-9H,11H2,1-3H3,(H,19,20). The van der Waals surface area contributed by atoms with Gasteiger partial charge in [0.05, 0.1) is 11.3 Å². The lowest BCUT2D eigenvalue weighted by Crippen LogP contribution is -2.13. The van der Waals surface area contributed by atoms with E-state index in [0.717, 1.165) is 4.90 Å². The highest BCUT2D eigenvalue weighted by Gasteiger charge is 2.13. The van der Waals surface area contributed by atoms with Gasteiger partial charge in [-0.1, -0.05) is 32.9 Å². The molecule has 0 aliphatic carbocycles. The van der Waals surface area contributed by atoms with Crippen LogP contribution in [-0.4, -0.2) is 11.7 Å². The fourth-order valence-electron chi connectivity index (χ4n) is 1.86. The first kappa shape index (κ1) is 16.6. The van der Waals surface area contributed by atoms with Gasteiger partial charge in [-0.15, -0.1) is 23.1 Å². The van der Waals surface area contributed by atoms with E-state index in [4.69, 9.17) is 5.26 Å². The van der Waals surface area contributed by atoms with Crippen molar-refractivity contribution in [3.05, 3.63) is 46.8 Å². The smallest absolute Gasteiger partial charge is 0.235 e. The summed E-state index contributed by atoms with van der Waals surface area (Å²) in [5, 5.41) is 14.1. The molecule has 0 aliphatic heterocycles. The van der Waals surface area contributed by atoms with Gasteiger partial charge in [-0.05, 0) is 34.6 Å². The Bertz CT molecular complexity index is 691. The number of hydrogen-bond donors (Lipinski definition) is 1. The minimum absolute atomic E-state index is 0.0937. The normalized spacial score (nSPS) is 11.0. The van der Waals surface area contributed by atoms with Crippen LogP contribution in [-0.2, 0) is 10.2 Å². The predicted octanol–water partition coefficient (Wildman–Crippen LogP) is 4.65. The number of amides is 1. The van der Waals surface area contributed by atoms with Gasteiger partial charge in [-0.2, -0.15) is 5.26 Å². The number of nitrogens with zero attached hydrogens (tertiary/aromatic N) is 1. The Morgan fingerprint density at radius 1 is 1.27 bits per heavy atom. The molecule has 0 atom stereocenters. The lowest BCUT2D eigenvalue weighted by molar-refractivity contribution is -0.113. The first-order valence-electron chi connectivity index (χ1n) is 6.91. The summed E-state index contributed by atoms with van der Waals surface area (Å²) in [4.78, 5) is 13.0. The van der Waals surface area contributed by atoms with Crippen LogP contribution in [0.4, 0.5) is 5.00 Å². The van der Waals surface area contributed by atoms with Gasteiger partial charge >= 0.3 is 0 Å². The zero-order chi connectivity index (χ0) is 16.2. The van der Waals surface area contributed by atoms with Crippen molar-refractivity contribution in [2.24, 2.45) is 0 Å². The molecule has 0 bridgehead atoms. The average Bonchev–Trinajstić information content (AvgIpc) is 2.92. The molecular weight excluding hydrogens is 312 g/mol. The molecule has 2 aromatic rings. The highest BCUT2D eigenvalue weighted by atomic mass is 32.2. The van der Waals surface area contributed by atoms with E-state index < -0.39 is 0 Å². The van der Waals surface area contributed by atoms with E-state index in [2.05, 4.69) is 44.3 Å². The zero-order valence-electron chi connectivity index (χ0n) is 12.8. The molecule has 5 heteroatoms. The van der Waals surface area contributed by atoms with Crippen LogP contribution >= 0.6 is 23.1 Å². The second kappa shape index (κ2) is 6.99. The molecule has 1 heterocycles. The molecule has 0 spiro atoms. The van der Waals surface area contributed by atoms with Crippen molar-refractivity contribution in [3.8, 4) is 6.07 Å². The molecule has 0 saturated heterocycles. The van der Waals surface area contributed by atoms with Crippen LogP contribution in [0, 0.1) is 11.3 Å². The molecule has 0 aliphatic rings. The zero-order valence-corrected chi connectivity index (χ0v) is 14.5. The van der Waals surface area contributed by atoms with Gasteiger partial charge in [-0.3, -0.25) is 4.79 Å². The van der Waals surface area contributed by atoms with Crippen molar-refractivity contribution < 1.29 is 4.79 Å². The van der Waals surface area contributed by atoms with E-state index in [-0.39, 0.29) is 11.3 Å². The number of nitriles is 1.